The van der Waals surface area contributed by atoms with Crippen molar-refractivity contribution in [2.45, 2.75) is 63.0 Å². The van der Waals surface area contributed by atoms with Crippen LogP contribution in [0.2, 0.25) is 10.0 Å². The molecule has 7 heteroatoms. The molecule has 1 aliphatic carbocycles. The van der Waals surface area contributed by atoms with Crippen LogP contribution in [0.3, 0.4) is 0 Å². The first-order valence-electron chi connectivity index (χ1n) is 13.2. The second-order valence-electron chi connectivity index (χ2n) is 11.6. The number of carbonyl (C=O) groups is 1. The largest absolute Gasteiger partial charge is 0.508 e. The molecule has 1 aliphatic heterocycles. The van der Waals surface area contributed by atoms with E-state index in [1.165, 1.54) is 0 Å². The van der Waals surface area contributed by atoms with Gasteiger partial charge in [0.1, 0.15) is 17.9 Å². The molecule has 4 rings (SSSR count). The van der Waals surface area contributed by atoms with Gasteiger partial charge in [-0.05, 0) is 60.7 Å². The molecule has 3 N–H and O–H groups in total. The van der Waals surface area contributed by atoms with Crippen molar-refractivity contribution >= 4 is 29.1 Å². The molecule has 200 valence electrons. The lowest BCUT2D eigenvalue weighted by Gasteiger charge is -2.60. The van der Waals surface area contributed by atoms with Gasteiger partial charge >= 0.3 is 0 Å². The van der Waals surface area contributed by atoms with E-state index in [2.05, 4.69) is 25.7 Å². The lowest BCUT2D eigenvalue weighted by atomic mass is 9.54. The molecule has 5 nitrogen and oxygen atoms in total. The molecule has 1 saturated heterocycles. The fourth-order valence-corrected chi connectivity index (χ4v) is 7.32. The molecule has 2 aliphatic rings. The van der Waals surface area contributed by atoms with Gasteiger partial charge in [0.15, 0.2) is 0 Å². The molecule has 2 fully saturated rings. The van der Waals surface area contributed by atoms with Gasteiger partial charge in [-0.25, -0.2) is 0 Å². The third kappa shape index (κ3) is 5.85. The van der Waals surface area contributed by atoms with Gasteiger partial charge in [-0.3, -0.25) is 4.79 Å². The van der Waals surface area contributed by atoms with E-state index in [0.717, 1.165) is 41.7 Å². The van der Waals surface area contributed by atoms with Crippen LogP contribution in [0.15, 0.2) is 55.1 Å². The molecule has 0 radical (unpaired) electrons. The summed E-state index contributed by atoms with van der Waals surface area (Å²) in [5, 5.41) is 26.9. The number of nitrogens with zero attached hydrogens (tertiary/aromatic N) is 1. The van der Waals surface area contributed by atoms with Crippen LogP contribution in [0, 0.1) is 5.92 Å². The third-order valence-electron chi connectivity index (χ3n) is 8.38. The number of aromatic hydroxyl groups is 1. The molecule has 0 spiro atoms. The SMILES string of the molecule is C=CC[N@@+]1(CC(C)C)CC[C@]2(c3cccc(O)c3)C[C@H](NC(=O)Cc3ccc(Cl)c(Cl)c3)CCC2(O)C1. The summed E-state index contributed by atoms with van der Waals surface area (Å²) in [6.45, 7) is 11.8. The zero-order valence-corrected chi connectivity index (χ0v) is 23.4. The molecule has 0 bridgehead atoms. The van der Waals surface area contributed by atoms with Gasteiger partial charge < -0.3 is 20.0 Å². The maximum absolute atomic E-state index is 13.0. The molecule has 4 atom stereocenters. The molecular formula is C30H39Cl2N2O3+. The summed E-state index contributed by atoms with van der Waals surface area (Å²) < 4.78 is 0.812. The maximum Gasteiger partial charge on any atom is 0.224 e. The molecule has 37 heavy (non-hydrogen) atoms. The molecule has 1 saturated carbocycles. The molecule has 2 aromatic rings. The Bertz CT molecular complexity index is 1160. The highest BCUT2D eigenvalue weighted by molar-refractivity contribution is 6.42. The number of fused-ring (bicyclic) bond motifs is 1. The number of nitrogens with one attached hydrogen (secondary N) is 1. The Labute approximate surface area is 230 Å². The van der Waals surface area contributed by atoms with Crippen LogP contribution < -0.4 is 5.32 Å². The van der Waals surface area contributed by atoms with Gasteiger partial charge in [0.2, 0.25) is 5.91 Å². The second-order valence-corrected chi connectivity index (χ2v) is 12.4. The molecule has 2 aromatic carbocycles. The summed E-state index contributed by atoms with van der Waals surface area (Å²) in [5.74, 6) is 0.612. The minimum Gasteiger partial charge on any atom is -0.508 e. The van der Waals surface area contributed by atoms with Crippen LogP contribution >= 0.6 is 23.2 Å². The Balaban J connectivity index is 1.61. The summed E-state index contributed by atoms with van der Waals surface area (Å²) in [4.78, 5) is 13.0. The van der Waals surface area contributed by atoms with E-state index in [1.54, 1.807) is 24.3 Å². The first-order chi connectivity index (χ1) is 17.5. The standard InChI is InChI=1S/C30H38Cl2N2O3/c1-4-13-34(19-21(2)3)14-12-29(23-6-5-7-25(35)17-23)18-24(10-11-30(29,37)20-34)33-28(36)16-22-8-9-26(31)27(32)15-22/h4-9,15,17,21,24,37H,1,10-14,16,18-20H2,2-3H3,(H-,33,35,36)/p+1/t24-,29-,30?,34+/m1/s1. The van der Waals surface area contributed by atoms with Crippen molar-refractivity contribution in [3.05, 3.63) is 76.3 Å². The predicted octanol–water partition coefficient (Wildman–Crippen LogP) is 5.64. The molecule has 1 heterocycles. The van der Waals surface area contributed by atoms with Crippen LogP contribution in [0.25, 0.3) is 0 Å². The highest BCUT2D eigenvalue weighted by Gasteiger charge is 2.62. The summed E-state index contributed by atoms with van der Waals surface area (Å²) in [6, 6.07) is 12.5. The number of aliphatic hydroxyl groups is 1. The van der Waals surface area contributed by atoms with E-state index in [9.17, 15) is 15.0 Å². The number of amides is 1. The number of phenolic OH excluding ortho intramolecular Hbond substituents is 1. The van der Waals surface area contributed by atoms with Crippen molar-refractivity contribution in [2.24, 2.45) is 5.92 Å². The Morgan fingerprint density at radius 2 is 2.00 bits per heavy atom. The zero-order chi connectivity index (χ0) is 26.8. The van der Waals surface area contributed by atoms with Gasteiger partial charge in [0.25, 0.3) is 0 Å². The van der Waals surface area contributed by atoms with E-state index in [1.807, 2.05) is 24.3 Å². The first-order valence-corrected chi connectivity index (χ1v) is 14.0. The summed E-state index contributed by atoms with van der Waals surface area (Å²) in [5.41, 5.74) is 0.229. The number of hydrogen-bond acceptors (Lipinski definition) is 3. The van der Waals surface area contributed by atoms with E-state index >= 15 is 0 Å². The van der Waals surface area contributed by atoms with E-state index in [-0.39, 0.29) is 24.1 Å². The van der Waals surface area contributed by atoms with Gasteiger partial charge in [-0.1, -0.05) is 61.8 Å². The predicted molar refractivity (Wildman–Crippen MR) is 150 cm³/mol. The fourth-order valence-electron chi connectivity index (χ4n) is 7.00. The minimum atomic E-state index is -0.956. The van der Waals surface area contributed by atoms with Crippen molar-refractivity contribution in [1.29, 1.82) is 0 Å². The van der Waals surface area contributed by atoms with Crippen molar-refractivity contribution in [3.63, 3.8) is 0 Å². The Morgan fingerprint density at radius 3 is 2.68 bits per heavy atom. The Morgan fingerprint density at radius 1 is 1.22 bits per heavy atom. The molecule has 0 aromatic heterocycles. The molecule has 1 amide bonds. The topological polar surface area (TPSA) is 69.6 Å². The van der Waals surface area contributed by atoms with E-state index in [0.29, 0.717) is 41.8 Å². The average molecular weight is 547 g/mol. The normalized spacial score (nSPS) is 29.5. The molecule has 1 unspecified atom stereocenters. The zero-order valence-electron chi connectivity index (χ0n) is 21.9. The number of piperidine rings is 1. The lowest BCUT2D eigenvalue weighted by Crippen LogP contribution is -2.73. The van der Waals surface area contributed by atoms with Crippen molar-refractivity contribution in [3.8, 4) is 5.75 Å². The summed E-state index contributed by atoms with van der Waals surface area (Å²) in [6.07, 6.45) is 4.85. The maximum atomic E-state index is 13.0. The average Bonchev–Trinajstić information content (AvgIpc) is 2.81. The molecular weight excluding hydrogens is 507 g/mol. The number of rotatable bonds is 8. The fraction of sp³-hybridized carbons (Fsp3) is 0.500. The van der Waals surface area contributed by atoms with Crippen molar-refractivity contribution in [2.75, 3.05) is 26.2 Å². The summed E-state index contributed by atoms with van der Waals surface area (Å²) in [7, 11) is 0. The van der Waals surface area contributed by atoms with Crippen LogP contribution in [0.5, 0.6) is 5.75 Å². The number of phenols is 1. The van der Waals surface area contributed by atoms with Crippen LogP contribution in [0.4, 0.5) is 0 Å². The van der Waals surface area contributed by atoms with Gasteiger partial charge in [0.05, 0.1) is 36.1 Å². The Hall–Kier alpha value is -2.05. The Kier molecular flexibility index (Phi) is 8.30. The highest BCUT2D eigenvalue weighted by atomic mass is 35.5. The van der Waals surface area contributed by atoms with Crippen LogP contribution in [-0.4, -0.2) is 58.4 Å². The van der Waals surface area contributed by atoms with Crippen LogP contribution in [0.1, 0.15) is 50.7 Å². The minimum absolute atomic E-state index is 0.0766. The number of quaternary nitrogens is 1. The monoisotopic (exact) mass is 545 g/mol. The van der Waals surface area contributed by atoms with Crippen LogP contribution in [-0.2, 0) is 16.6 Å². The van der Waals surface area contributed by atoms with E-state index < -0.39 is 11.0 Å². The number of carbonyl (C=O) groups excluding carboxylic acids is 1. The highest BCUT2D eigenvalue weighted by Crippen LogP contribution is 2.53. The van der Waals surface area contributed by atoms with Gasteiger partial charge in [0, 0.05) is 23.8 Å². The third-order valence-corrected chi connectivity index (χ3v) is 9.12. The second kappa shape index (κ2) is 11.0. The van der Waals surface area contributed by atoms with Gasteiger partial charge in [-0.15, -0.1) is 0 Å². The number of benzene rings is 2. The number of likely N-dealkylation sites (tertiary alicyclic amines) is 1. The smallest absolute Gasteiger partial charge is 0.224 e. The quantitative estimate of drug-likeness (QED) is 0.297. The number of hydrogen-bond donors (Lipinski definition) is 3. The first kappa shape index (κ1) is 28.0. The number of halogens is 2. The summed E-state index contributed by atoms with van der Waals surface area (Å²) >= 11 is 12.2. The van der Waals surface area contributed by atoms with Crippen molar-refractivity contribution < 1.29 is 19.5 Å². The van der Waals surface area contributed by atoms with E-state index in [4.69, 9.17) is 23.2 Å². The van der Waals surface area contributed by atoms with Gasteiger partial charge in [-0.2, -0.15) is 0 Å². The van der Waals surface area contributed by atoms with Crippen molar-refractivity contribution in [1.82, 2.24) is 5.32 Å². The lowest BCUT2D eigenvalue weighted by molar-refractivity contribution is -0.938.